The third kappa shape index (κ3) is 5.42. The smallest absolute Gasteiger partial charge is 0.227 e. The van der Waals surface area contributed by atoms with Crippen molar-refractivity contribution in [2.24, 2.45) is 5.73 Å². The lowest BCUT2D eigenvalue weighted by atomic mass is 10.1. The molecule has 0 unspecified atom stereocenters. The molecule has 0 aliphatic heterocycles. The zero-order valence-electron chi connectivity index (χ0n) is 14.6. The van der Waals surface area contributed by atoms with Crippen molar-refractivity contribution in [1.82, 2.24) is 4.98 Å². The highest BCUT2D eigenvalue weighted by Gasteiger charge is 2.16. The van der Waals surface area contributed by atoms with E-state index < -0.39 is 0 Å². The second-order valence-corrected chi connectivity index (χ2v) is 7.85. The molecule has 0 spiro atoms. The fourth-order valence-electron chi connectivity index (χ4n) is 2.47. The maximum Gasteiger partial charge on any atom is 0.227 e. The first-order chi connectivity index (χ1) is 13.1. The molecule has 0 aliphatic carbocycles. The van der Waals surface area contributed by atoms with Gasteiger partial charge in [0, 0.05) is 17.7 Å². The number of amides is 2. The van der Waals surface area contributed by atoms with Gasteiger partial charge < -0.3 is 11.1 Å². The molecule has 3 rings (SSSR count). The minimum atomic E-state index is -0.375. The van der Waals surface area contributed by atoms with Gasteiger partial charge in [0.25, 0.3) is 0 Å². The average Bonchev–Trinajstić information content (AvgIpc) is 3.10. The van der Waals surface area contributed by atoms with Gasteiger partial charge in [-0.05, 0) is 5.56 Å². The third-order valence-electron chi connectivity index (χ3n) is 3.67. The van der Waals surface area contributed by atoms with Gasteiger partial charge in [0.15, 0.2) is 5.13 Å². The van der Waals surface area contributed by atoms with Crippen LogP contribution in [0.4, 0.5) is 5.13 Å². The summed E-state index contributed by atoms with van der Waals surface area (Å²) in [4.78, 5) is 28.6. The van der Waals surface area contributed by atoms with Crippen molar-refractivity contribution in [2.75, 3.05) is 16.8 Å². The molecule has 3 aromatic rings. The van der Waals surface area contributed by atoms with Crippen LogP contribution in [0.15, 0.2) is 60.7 Å². The van der Waals surface area contributed by atoms with Crippen LogP contribution in [0.25, 0.3) is 21.7 Å². The van der Waals surface area contributed by atoms with Crippen LogP contribution in [0.2, 0.25) is 0 Å². The predicted octanol–water partition coefficient (Wildman–Crippen LogP) is 4.02. The summed E-state index contributed by atoms with van der Waals surface area (Å²) in [6.07, 6.45) is 0.304. The number of nitrogens with zero attached hydrogens (tertiary/aromatic N) is 1. The molecule has 0 fully saturated rings. The summed E-state index contributed by atoms with van der Waals surface area (Å²) >= 11 is 2.81. The van der Waals surface area contributed by atoms with Crippen LogP contribution in [0, 0.1) is 0 Å². The van der Waals surface area contributed by atoms with E-state index in [1.54, 1.807) is 0 Å². The monoisotopic (exact) mass is 397 g/mol. The number of hydrogen-bond donors (Lipinski definition) is 2. The van der Waals surface area contributed by atoms with Gasteiger partial charge in [0.1, 0.15) is 0 Å². The molecule has 0 atom stereocenters. The van der Waals surface area contributed by atoms with Crippen molar-refractivity contribution in [2.45, 2.75) is 6.42 Å². The number of benzene rings is 2. The molecule has 7 heteroatoms. The van der Waals surface area contributed by atoms with Crippen molar-refractivity contribution in [3.05, 3.63) is 60.7 Å². The van der Waals surface area contributed by atoms with Crippen molar-refractivity contribution >= 4 is 40.0 Å². The van der Waals surface area contributed by atoms with Gasteiger partial charge in [0.05, 0.1) is 16.3 Å². The van der Waals surface area contributed by atoms with Crippen molar-refractivity contribution < 1.29 is 9.59 Å². The first-order valence-electron chi connectivity index (χ1n) is 8.41. The predicted molar refractivity (Wildman–Crippen MR) is 113 cm³/mol. The number of thiazole rings is 1. The lowest BCUT2D eigenvalue weighted by Crippen LogP contribution is -2.15. The molecular weight excluding hydrogens is 378 g/mol. The number of aromatic nitrogens is 1. The minimum Gasteiger partial charge on any atom is -0.369 e. The number of carbonyl (C=O) groups excluding carboxylic acids is 2. The zero-order chi connectivity index (χ0) is 19.1. The van der Waals surface area contributed by atoms with Gasteiger partial charge in [-0.25, -0.2) is 4.98 Å². The Bertz CT molecular complexity index is 854. The topological polar surface area (TPSA) is 85.1 Å². The molecule has 5 nitrogen and oxygen atoms in total. The van der Waals surface area contributed by atoms with Crippen LogP contribution in [0.5, 0.6) is 0 Å². The highest BCUT2D eigenvalue weighted by Crippen LogP contribution is 2.38. The molecular formula is C20H19N3O2S2. The first-order valence-corrected chi connectivity index (χ1v) is 10.4. The van der Waals surface area contributed by atoms with E-state index in [-0.39, 0.29) is 17.6 Å². The molecule has 0 bridgehead atoms. The molecule has 27 heavy (non-hydrogen) atoms. The van der Waals surface area contributed by atoms with E-state index in [4.69, 9.17) is 5.73 Å². The largest absolute Gasteiger partial charge is 0.369 e. The minimum absolute atomic E-state index is 0.125. The molecule has 2 amide bonds. The number of nitrogens with one attached hydrogen (secondary N) is 1. The second-order valence-electron chi connectivity index (χ2n) is 5.75. The van der Waals surface area contributed by atoms with E-state index in [9.17, 15) is 9.59 Å². The summed E-state index contributed by atoms with van der Waals surface area (Å²) in [6.45, 7) is 0. The standard InChI is InChI=1S/C20H19N3O2S2/c21-16(24)13-26-12-11-17(25)22-20-23-18(14-7-3-1-4-8-14)19(27-20)15-9-5-2-6-10-15/h1-10H,11-13H2,(H2,21,24)(H,22,23,25). The average molecular weight is 398 g/mol. The highest BCUT2D eigenvalue weighted by atomic mass is 32.2. The van der Waals surface area contributed by atoms with Crippen LogP contribution in [0.3, 0.4) is 0 Å². The van der Waals surface area contributed by atoms with E-state index in [0.717, 1.165) is 21.7 Å². The fraction of sp³-hybridized carbons (Fsp3) is 0.150. The number of nitrogens with two attached hydrogens (primary N) is 1. The Morgan fingerprint density at radius 1 is 1.00 bits per heavy atom. The van der Waals surface area contributed by atoms with E-state index in [2.05, 4.69) is 10.3 Å². The third-order valence-corrected chi connectivity index (χ3v) is 5.68. The van der Waals surface area contributed by atoms with E-state index in [1.807, 2.05) is 60.7 Å². The van der Waals surface area contributed by atoms with Gasteiger partial charge in [-0.3, -0.25) is 9.59 Å². The lowest BCUT2D eigenvalue weighted by Gasteiger charge is -2.02. The number of primary amides is 1. The molecule has 3 N–H and O–H groups in total. The number of hydrogen-bond acceptors (Lipinski definition) is 5. The Balaban J connectivity index is 1.78. The van der Waals surface area contributed by atoms with Crippen LogP contribution < -0.4 is 11.1 Å². The maximum atomic E-state index is 12.2. The summed E-state index contributed by atoms with van der Waals surface area (Å²) in [5.41, 5.74) is 8.01. The van der Waals surface area contributed by atoms with Crippen LogP contribution >= 0.6 is 23.1 Å². The van der Waals surface area contributed by atoms with E-state index >= 15 is 0 Å². The molecule has 2 aromatic carbocycles. The molecule has 1 heterocycles. The molecule has 138 valence electrons. The Morgan fingerprint density at radius 3 is 2.26 bits per heavy atom. The SMILES string of the molecule is NC(=O)CSCCC(=O)Nc1nc(-c2ccccc2)c(-c2ccccc2)s1. The number of rotatable bonds is 8. The van der Waals surface area contributed by atoms with Gasteiger partial charge >= 0.3 is 0 Å². The molecule has 0 radical (unpaired) electrons. The number of anilines is 1. The molecule has 0 saturated carbocycles. The highest BCUT2D eigenvalue weighted by molar-refractivity contribution is 7.99. The lowest BCUT2D eigenvalue weighted by molar-refractivity contribution is -0.116. The molecule has 1 aromatic heterocycles. The summed E-state index contributed by atoms with van der Waals surface area (Å²) < 4.78 is 0. The van der Waals surface area contributed by atoms with Crippen LogP contribution in [-0.4, -0.2) is 28.3 Å². The Labute approximate surface area is 166 Å². The Morgan fingerprint density at radius 2 is 1.63 bits per heavy atom. The number of thioether (sulfide) groups is 1. The van der Waals surface area contributed by atoms with Gasteiger partial charge in [-0.15, -0.1) is 0 Å². The fourth-order valence-corrected chi connectivity index (χ4v) is 4.15. The summed E-state index contributed by atoms with van der Waals surface area (Å²) in [7, 11) is 0. The zero-order valence-corrected chi connectivity index (χ0v) is 16.2. The maximum absolute atomic E-state index is 12.2. The van der Waals surface area contributed by atoms with Gasteiger partial charge in [-0.1, -0.05) is 72.0 Å². The van der Waals surface area contributed by atoms with Crippen molar-refractivity contribution in [3.8, 4) is 21.7 Å². The van der Waals surface area contributed by atoms with Crippen molar-refractivity contribution in [1.29, 1.82) is 0 Å². The normalized spacial score (nSPS) is 10.5. The Hall–Kier alpha value is -2.64. The Kier molecular flexibility index (Phi) is 6.62. The van der Waals surface area contributed by atoms with Gasteiger partial charge in [0.2, 0.25) is 11.8 Å². The summed E-state index contributed by atoms with van der Waals surface area (Å²) in [5, 5.41) is 3.44. The van der Waals surface area contributed by atoms with E-state index in [1.165, 1.54) is 23.1 Å². The quantitative estimate of drug-likeness (QED) is 0.562. The summed E-state index contributed by atoms with van der Waals surface area (Å²) in [5.74, 6) is 0.262. The molecule has 0 saturated heterocycles. The van der Waals surface area contributed by atoms with Crippen molar-refractivity contribution in [3.63, 3.8) is 0 Å². The van der Waals surface area contributed by atoms with E-state index in [0.29, 0.717) is 17.3 Å². The number of carbonyl (C=O) groups is 2. The van der Waals surface area contributed by atoms with Crippen LogP contribution in [-0.2, 0) is 9.59 Å². The van der Waals surface area contributed by atoms with Gasteiger partial charge in [-0.2, -0.15) is 11.8 Å². The first kappa shape index (κ1) is 19.1. The summed E-state index contributed by atoms with van der Waals surface area (Å²) in [6, 6.07) is 19.9. The van der Waals surface area contributed by atoms with Crippen LogP contribution in [0.1, 0.15) is 6.42 Å². The molecule has 0 aliphatic rings. The second kappa shape index (κ2) is 9.34.